The highest BCUT2D eigenvalue weighted by Gasteiger charge is 2.28. The highest BCUT2D eigenvalue weighted by molar-refractivity contribution is 7.90. The third-order valence-corrected chi connectivity index (χ3v) is 4.83. The monoisotopic (exact) mass is 357 g/mol. The van der Waals surface area contributed by atoms with Crippen LogP contribution in [0.4, 0.5) is 0 Å². The predicted octanol–water partition coefficient (Wildman–Crippen LogP) is 1.79. The minimum absolute atomic E-state index is 0.00655. The van der Waals surface area contributed by atoms with Crippen LogP contribution in [0.3, 0.4) is 0 Å². The first-order valence-electron chi connectivity index (χ1n) is 7.59. The van der Waals surface area contributed by atoms with Crippen molar-refractivity contribution < 1.29 is 27.8 Å². The van der Waals surface area contributed by atoms with Crippen LogP contribution < -0.4 is 4.74 Å². The first kappa shape index (κ1) is 20.1. The lowest BCUT2D eigenvalue weighted by atomic mass is 9.97. The zero-order valence-electron chi connectivity index (χ0n) is 14.2. The molecule has 0 aliphatic carbocycles. The largest absolute Gasteiger partial charge is 0.497 e. The molecule has 0 spiro atoms. The zero-order valence-corrected chi connectivity index (χ0v) is 15.0. The quantitative estimate of drug-likeness (QED) is 0.562. The minimum Gasteiger partial charge on any atom is -0.497 e. The van der Waals surface area contributed by atoms with Crippen molar-refractivity contribution >= 4 is 21.7 Å². The van der Waals surface area contributed by atoms with E-state index in [9.17, 15) is 18.3 Å². The van der Waals surface area contributed by atoms with Crippen LogP contribution in [0.1, 0.15) is 27.2 Å². The number of carbonyl (C=O) groups is 1. The Balaban J connectivity index is 3.09. The first-order chi connectivity index (χ1) is 11.3. The Morgan fingerprint density at radius 2 is 1.83 bits per heavy atom. The van der Waals surface area contributed by atoms with Crippen LogP contribution in [0.5, 0.6) is 5.75 Å². The maximum atomic E-state index is 12.4. The normalized spacial score (nSPS) is 14.8. The van der Waals surface area contributed by atoms with Crippen molar-refractivity contribution in [1.82, 2.24) is 0 Å². The SMILES string of the molecule is CCOC(=O)[C@@H](O)[C@H](C)/C(CC)=N/S(=O)(=O)c1ccc(OC)cc1. The van der Waals surface area contributed by atoms with Crippen LogP contribution in [0.25, 0.3) is 0 Å². The van der Waals surface area contributed by atoms with E-state index >= 15 is 0 Å². The summed E-state index contributed by atoms with van der Waals surface area (Å²) >= 11 is 0. The van der Waals surface area contributed by atoms with Crippen LogP contribution in [-0.4, -0.2) is 45.0 Å². The molecule has 7 nitrogen and oxygen atoms in total. The molecule has 1 N–H and O–H groups in total. The van der Waals surface area contributed by atoms with Crippen molar-refractivity contribution in [2.24, 2.45) is 10.3 Å². The molecule has 0 amide bonds. The molecular weight excluding hydrogens is 334 g/mol. The average Bonchev–Trinajstić information content (AvgIpc) is 2.58. The van der Waals surface area contributed by atoms with Crippen molar-refractivity contribution in [2.75, 3.05) is 13.7 Å². The van der Waals surface area contributed by atoms with Crippen molar-refractivity contribution in [3.8, 4) is 5.75 Å². The van der Waals surface area contributed by atoms with E-state index in [1.807, 2.05) is 0 Å². The number of aliphatic hydroxyl groups is 1. The van der Waals surface area contributed by atoms with Crippen LogP contribution in [0.2, 0.25) is 0 Å². The number of ether oxygens (including phenoxy) is 2. The van der Waals surface area contributed by atoms with Crippen molar-refractivity contribution in [3.05, 3.63) is 24.3 Å². The summed E-state index contributed by atoms with van der Waals surface area (Å²) in [5, 5.41) is 9.99. The van der Waals surface area contributed by atoms with Gasteiger partial charge in [0.2, 0.25) is 0 Å². The zero-order chi connectivity index (χ0) is 18.3. The lowest BCUT2D eigenvalue weighted by Crippen LogP contribution is -2.34. The topological polar surface area (TPSA) is 102 Å². The Morgan fingerprint density at radius 3 is 2.29 bits per heavy atom. The summed E-state index contributed by atoms with van der Waals surface area (Å²) in [7, 11) is -2.46. The van der Waals surface area contributed by atoms with Crippen molar-refractivity contribution in [1.29, 1.82) is 0 Å². The van der Waals surface area contributed by atoms with E-state index in [1.165, 1.54) is 38.3 Å². The van der Waals surface area contributed by atoms with Gasteiger partial charge in [-0.05, 0) is 37.6 Å². The van der Waals surface area contributed by atoms with Crippen LogP contribution in [0.15, 0.2) is 33.6 Å². The smallest absolute Gasteiger partial charge is 0.335 e. The van der Waals surface area contributed by atoms with E-state index in [0.29, 0.717) is 5.75 Å². The standard InChI is InChI=1S/C16H23NO6S/c1-5-14(11(3)15(18)16(19)23-6-2)17-24(20,21)13-9-7-12(22-4)8-10-13/h7-11,15,18H,5-6H2,1-4H3/b17-14+/t11-,15+/m1/s1. The molecule has 0 unspecified atom stereocenters. The van der Waals surface area contributed by atoms with Gasteiger partial charge in [0.25, 0.3) is 10.0 Å². The molecule has 0 heterocycles. The highest BCUT2D eigenvalue weighted by Crippen LogP contribution is 2.20. The van der Waals surface area contributed by atoms with E-state index in [2.05, 4.69) is 4.40 Å². The lowest BCUT2D eigenvalue weighted by molar-refractivity contribution is -0.154. The van der Waals surface area contributed by atoms with E-state index in [0.717, 1.165) is 0 Å². The molecule has 0 saturated carbocycles. The molecule has 0 aliphatic rings. The van der Waals surface area contributed by atoms with Gasteiger partial charge in [0, 0.05) is 11.6 Å². The second kappa shape index (κ2) is 8.79. The molecule has 0 fully saturated rings. The fourth-order valence-corrected chi connectivity index (χ4v) is 3.23. The molecule has 24 heavy (non-hydrogen) atoms. The molecule has 2 atom stereocenters. The van der Waals surface area contributed by atoms with Crippen LogP contribution >= 0.6 is 0 Å². The van der Waals surface area contributed by atoms with Gasteiger partial charge in [0.1, 0.15) is 5.75 Å². The van der Waals surface area contributed by atoms with Gasteiger partial charge in [-0.3, -0.25) is 0 Å². The van der Waals surface area contributed by atoms with E-state index in [1.54, 1.807) is 13.8 Å². The van der Waals surface area contributed by atoms with Gasteiger partial charge in [-0.2, -0.15) is 12.8 Å². The molecule has 0 radical (unpaired) electrons. The summed E-state index contributed by atoms with van der Waals surface area (Å²) in [6.07, 6.45) is -1.19. The second-order valence-corrected chi connectivity index (χ2v) is 6.68. The fourth-order valence-electron chi connectivity index (χ4n) is 2.04. The minimum atomic E-state index is -3.94. The lowest BCUT2D eigenvalue weighted by Gasteiger charge is -2.18. The molecule has 134 valence electrons. The van der Waals surface area contributed by atoms with E-state index in [-0.39, 0.29) is 23.6 Å². The third-order valence-electron chi connectivity index (χ3n) is 3.48. The van der Waals surface area contributed by atoms with Gasteiger partial charge in [-0.15, -0.1) is 0 Å². The van der Waals surface area contributed by atoms with Crippen molar-refractivity contribution in [2.45, 2.75) is 38.2 Å². The van der Waals surface area contributed by atoms with Gasteiger partial charge in [0.05, 0.1) is 18.6 Å². The summed E-state index contributed by atoms with van der Waals surface area (Å²) in [4.78, 5) is 11.6. The first-order valence-corrected chi connectivity index (χ1v) is 9.03. The van der Waals surface area contributed by atoms with Gasteiger partial charge in [-0.25, -0.2) is 4.79 Å². The Bertz CT molecular complexity index is 681. The van der Waals surface area contributed by atoms with Crippen LogP contribution in [0, 0.1) is 5.92 Å². The fraction of sp³-hybridized carbons (Fsp3) is 0.500. The Labute approximate surface area is 142 Å². The molecule has 0 aliphatic heterocycles. The Hall–Kier alpha value is -1.93. The molecule has 1 aromatic carbocycles. The number of carbonyl (C=O) groups excluding carboxylic acids is 1. The van der Waals surface area contributed by atoms with Crippen molar-refractivity contribution in [3.63, 3.8) is 0 Å². The maximum absolute atomic E-state index is 12.4. The van der Waals surface area contributed by atoms with Crippen LogP contribution in [-0.2, 0) is 19.6 Å². The average molecular weight is 357 g/mol. The Morgan fingerprint density at radius 1 is 1.25 bits per heavy atom. The number of methoxy groups -OCH3 is 1. The molecule has 1 aromatic rings. The third kappa shape index (κ3) is 5.04. The number of benzene rings is 1. The second-order valence-electron chi connectivity index (χ2n) is 5.07. The van der Waals surface area contributed by atoms with Gasteiger partial charge < -0.3 is 14.6 Å². The number of rotatable bonds is 8. The van der Waals surface area contributed by atoms with E-state index in [4.69, 9.17) is 9.47 Å². The summed E-state index contributed by atoms with van der Waals surface area (Å²) in [5.41, 5.74) is 0.200. The number of sulfonamides is 1. The molecule has 0 aromatic heterocycles. The number of hydrogen-bond donors (Lipinski definition) is 1. The highest BCUT2D eigenvalue weighted by atomic mass is 32.2. The summed E-state index contributed by atoms with van der Waals surface area (Å²) in [6.45, 7) is 4.99. The maximum Gasteiger partial charge on any atom is 0.335 e. The molecule has 8 heteroatoms. The van der Waals surface area contributed by atoms with E-state index < -0.39 is 28.0 Å². The Kier molecular flexibility index (Phi) is 7.37. The number of aliphatic hydroxyl groups excluding tert-OH is 1. The molecule has 1 rings (SSSR count). The summed E-state index contributed by atoms with van der Waals surface area (Å²) in [6, 6.07) is 5.81. The van der Waals surface area contributed by atoms with Gasteiger partial charge in [0.15, 0.2) is 6.10 Å². The van der Waals surface area contributed by atoms with Gasteiger partial charge in [-0.1, -0.05) is 13.8 Å². The summed E-state index contributed by atoms with van der Waals surface area (Å²) < 4.78 is 38.3. The molecule has 0 saturated heterocycles. The number of nitrogens with zero attached hydrogens (tertiary/aromatic N) is 1. The summed E-state index contributed by atoms with van der Waals surface area (Å²) in [5.74, 6) is -1.05. The predicted molar refractivity (Wildman–Crippen MR) is 89.7 cm³/mol. The number of hydrogen-bond acceptors (Lipinski definition) is 6. The molecular formula is C16H23NO6S. The molecule has 0 bridgehead atoms. The van der Waals surface area contributed by atoms with Gasteiger partial charge >= 0.3 is 5.97 Å². The number of esters is 1.